The third kappa shape index (κ3) is 22.1. The summed E-state index contributed by atoms with van der Waals surface area (Å²) in [6.07, 6.45) is 22.6. The van der Waals surface area contributed by atoms with Crippen molar-refractivity contribution in [2.75, 3.05) is 13.2 Å². The van der Waals surface area contributed by atoms with Gasteiger partial charge in [-0.1, -0.05) is 206 Å². The fraction of sp³-hybridized carbons (Fsp3) is 0.820. The summed E-state index contributed by atoms with van der Waals surface area (Å²) in [7, 11) is 0. The van der Waals surface area contributed by atoms with Crippen molar-refractivity contribution in [2.24, 2.45) is 11.7 Å². The standard InChI is InChI=1S/C50H89N3O8/c1-5-7-9-11-13-15-17-18-19-20-21-22-24-26-31-35-44(55)52(36-32-27-25-23-16-14-12-10-8-6-2)49-45(47(57)46(56)43(38-54)61-49)53(48(58)42(51)37-40(3)4)50(59)60-39-41-33-29-28-30-34-41/h28-30,33-34,40,42-43,45-47,49,54,56-57H,5-27,31-32,35-39,51H2,1-4H3/t42-,43+,45+,46-,47+,49+/m0/s1. The number of imide groups is 1. The van der Waals surface area contributed by atoms with Gasteiger partial charge in [-0.25, -0.2) is 9.69 Å². The van der Waals surface area contributed by atoms with Gasteiger partial charge in [0, 0.05) is 13.0 Å². The van der Waals surface area contributed by atoms with E-state index in [-0.39, 0.29) is 37.8 Å². The molecule has 61 heavy (non-hydrogen) atoms. The molecule has 0 unspecified atom stereocenters. The average molecular weight is 860 g/mol. The number of amides is 3. The minimum atomic E-state index is -1.76. The van der Waals surface area contributed by atoms with E-state index in [2.05, 4.69) is 13.8 Å². The molecule has 0 aromatic heterocycles. The summed E-state index contributed by atoms with van der Waals surface area (Å²) in [5, 5.41) is 33.3. The highest BCUT2D eigenvalue weighted by molar-refractivity contribution is 5.95. The average Bonchev–Trinajstić information content (AvgIpc) is 3.25. The Hall–Kier alpha value is -2.57. The Morgan fingerprint density at radius 3 is 1.61 bits per heavy atom. The van der Waals surface area contributed by atoms with Crippen LogP contribution in [0.15, 0.2) is 30.3 Å². The van der Waals surface area contributed by atoms with Gasteiger partial charge in [-0.15, -0.1) is 0 Å². The van der Waals surface area contributed by atoms with E-state index in [0.29, 0.717) is 18.4 Å². The highest BCUT2D eigenvalue weighted by atomic mass is 16.6. The van der Waals surface area contributed by atoms with Crippen LogP contribution >= 0.6 is 0 Å². The van der Waals surface area contributed by atoms with Crippen LogP contribution < -0.4 is 5.73 Å². The number of carbonyl (C=O) groups excluding carboxylic acids is 3. The van der Waals surface area contributed by atoms with Crippen LogP contribution in [0, 0.1) is 5.92 Å². The predicted octanol–water partition coefficient (Wildman–Crippen LogP) is 10.3. The summed E-state index contributed by atoms with van der Waals surface area (Å²) in [5.74, 6) is -1.01. The van der Waals surface area contributed by atoms with E-state index >= 15 is 0 Å². The van der Waals surface area contributed by atoms with Crippen molar-refractivity contribution in [3.63, 3.8) is 0 Å². The quantitative estimate of drug-likeness (QED) is 0.0487. The van der Waals surface area contributed by atoms with Crippen molar-refractivity contribution in [2.45, 2.75) is 244 Å². The van der Waals surface area contributed by atoms with Gasteiger partial charge < -0.3 is 35.4 Å². The fourth-order valence-electron chi connectivity index (χ4n) is 8.51. The fourth-order valence-corrected chi connectivity index (χ4v) is 8.51. The Bertz CT molecular complexity index is 1270. The van der Waals surface area contributed by atoms with E-state index in [1.807, 2.05) is 19.9 Å². The summed E-state index contributed by atoms with van der Waals surface area (Å²) in [6.45, 7) is 7.76. The van der Waals surface area contributed by atoms with Crippen LogP contribution in [-0.4, -0.2) is 92.8 Å². The number of aliphatic hydroxyl groups excluding tert-OH is 3. The molecule has 11 nitrogen and oxygen atoms in total. The molecular weight excluding hydrogens is 771 g/mol. The molecule has 0 radical (unpaired) electrons. The number of benzene rings is 1. The highest BCUT2D eigenvalue weighted by Gasteiger charge is 2.53. The molecule has 3 amide bonds. The Balaban J connectivity index is 2.21. The SMILES string of the molecule is CCCCCCCCCCCCCCCCCC(=O)N(CCCCCCCCCCCC)[C@@H]1O[C@H](CO)[C@H](O)[C@H](O)[C@H]1N(C(=O)OCc1ccccc1)C(=O)[C@@H](N)CC(C)C. The van der Waals surface area contributed by atoms with Gasteiger partial charge in [-0.2, -0.15) is 0 Å². The van der Waals surface area contributed by atoms with E-state index in [9.17, 15) is 29.7 Å². The zero-order chi connectivity index (χ0) is 44.7. The van der Waals surface area contributed by atoms with Gasteiger partial charge in [0.15, 0.2) is 6.23 Å². The summed E-state index contributed by atoms with van der Waals surface area (Å²) in [5.41, 5.74) is 7.11. The molecule has 1 saturated heterocycles. The molecule has 0 spiro atoms. The van der Waals surface area contributed by atoms with Crippen LogP contribution in [0.25, 0.3) is 0 Å². The summed E-state index contributed by atoms with van der Waals surface area (Å²) >= 11 is 0. The zero-order valence-corrected chi connectivity index (χ0v) is 39.0. The number of hydrogen-bond donors (Lipinski definition) is 4. The lowest BCUT2D eigenvalue weighted by atomic mass is 9.92. The van der Waals surface area contributed by atoms with Crippen LogP contribution in [0.2, 0.25) is 0 Å². The number of nitrogens with two attached hydrogens (primary N) is 1. The number of hydrogen-bond acceptors (Lipinski definition) is 9. The van der Waals surface area contributed by atoms with Crippen LogP contribution in [0.1, 0.15) is 207 Å². The monoisotopic (exact) mass is 860 g/mol. The van der Waals surface area contributed by atoms with E-state index in [1.54, 1.807) is 24.3 Å². The van der Waals surface area contributed by atoms with Gasteiger partial charge in [0.1, 0.15) is 31.0 Å². The maximum atomic E-state index is 14.3. The molecule has 5 N–H and O–H groups in total. The lowest BCUT2D eigenvalue weighted by Gasteiger charge is -2.49. The van der Waals surface area contributed by atoms with Gasteiger partial charge in [-0.3, -0.25) is 9.59 Å². The normalized spacial score (nSPS) is 19.5. The first kappa shape index (κ1) is 54.6. The molecular formula is C50H89N3O8. The Labute approximate surface area is 370 Å². The minimum Gasteiger partial charge on any atom is -0.444 e. The second-order valence-corrected chi connectivity index (χ2v) is 18.2. The van der Waals surface area contributed by atoms with Crippen molar-refractivity contribution in [1.82, 2.24) is 9.80 Å². The van der Waals surface area contributed by atoms with Gasteiger partial charge in [-0.05, 0) is 30.7 Å². The second-order valence-electron chi connectivity index (χ2n) is 18.2. The molecule has 0 saturated carbocycles. The predicted molar refractivity (Wildman–Crippen MR) is 246 cm³/mol. The van der Waals surface area contributed by atoms with E-state index < -0.39 is 55.2 Å². The van der Waals surface area contributed by atoms with Gasteiger partial charge in [0.2, 0.25) is 11.8 Å². The molecule has 1 aromatic rings. The Morgan fingerprint density at radius 2 is 1.15 bits per heavy atom. The van der Waals surface area contributed by atoms with E-state index in [1.165, 1.54) is 114 Å². The molecule has 0 aliphatic carbocycles. The first-order chi connectivity index (χ1) is 29.6. The Kier molecular flexibility index (Phi) is 30.3. The minimum absolute atomic E-state index is 0.0122. The van der Waals surface area contributed by atoms with Crippen molar-refractivity contribution >= 4 is 17.9 Å². The maximum absolute atomic E-state index is 14.3. The van der Waals surface area contributed by atoms with Gasteiger partial charge in [0.05, 0.1) is 12.6 Å². The second kappa shape index (κ2) is 33.9. The Morgan fingerprint density at radius 1 is 0.689 bits per heavy atom. The third-order valence-corrected chi connectivity index (χ3v) is 12.2. The molecule has 1 aromatic carbocycles. The van der Waals surface area contributed by atoms with Crippen LogP contribution in [0.4, 0.5) is 4.79 Å². The molecule has 0 bridgehead atoms. The molecule has 1 fully saturated rings. The molecule has 1 heterocycles. The largest absolute Gasteiger partial charge is 0.444 e. The van der Waals surface area contributed by atoms with Crippen LogP contribution in [-0.2, 0) is 25.7 Å². The molecule has 1 aliphatic heterocycles. The lowest BCUT2D eigenvalue weighted by molar-refractivity contribution is -0.245. The summed E-state index contributed by atoms with van der Waals surface area (Å²) in [4.78, 5) is 45.0. The lowest BCUT2D eigenvalue weighted by Crippen LogP contribution is -2.71. The topological polar surface area (TPSA) is 163 Å². The van der Waals surface area contributed by atoms with Gasteiger partial charge in [0.25, 0.3) is 0 Å². The van der Waals surface area contributed by atoms with E-state index in [4.69, 9.17) is 15.2 Å². The number of aliphatic hydroxyl groups is 3. The maximum Gasteiger partial charge on any atom is 0.417 e. The van der Waals surface area contributed by atoms with Gasteiger partial charge >= 0.3 is 6.09 Å². The molecule has 6 atom stereocenters. The van der Waals surface area contributed by atoms with Crippen molar-refractivity contribution in [3.05, 3.63) is 35.9 Å². The smallest absolute Gasteiger partial charge is 0.417 e. The van der Waals surface area contributed by atoms with Crippen molar-refractivity contribution in [1.29, 1.82) is 0 Å². The first-order valence-corrected chi connectivity index (χ1v) is 24.8. The van der Waals surface area contributed by atoms with Crippen LogP contribution in [0.5, 0.6) is 0 Å². The third-order valence-electron chi connectivity index (χ3n) is 12.2. The first-order valence-electron chi connectivity index (χ1n) is 24.8. The van der Waals surface area contributed by atoms with E-state index in [0.717, 1.165) is 43.4 Å². The zero-order valence-electron chi connectivity index (χ0n) is 39.0. The number of unbranched alkanes of at least 4 members (excludes halogenated alkanes) is 23. The molecule has 352 valence electrons. The number of nitrogens with zero attached hydrogens (tertiary/aromatic N) is 2. The number of carbonyl (C=O) groups is 3. The van der Waals surface area contributed by atoms with Crippen molar-refractivity contribution < 1.29 is 39.2 Å². The summed E-state index contributed by atoms with van der Waals surface area (Å²) < 4.78 is 12.0. The highest BCUT2D eigenvalue weighted by Crippen LogP contribution is 2.31. The molecule has 2 rings (SSSR count). The van der Waals surface area contributed by atoms with Crippen LogP contribution in [0.3, 0.4) is 0 Å². The summed E-state index contributed by atoms with van der Waals surface area (Å²) in [6, 6.07) is 6.35. The molecule has 1 aliphatic rings. The number of rotatable bonds is 35. The van der Waals surface area contributed by atoms with Crippen molar-refractivity contribution in [3.8, 4) is 0 Å². The number of ether oxygens (including phenoxy) is 2. The molecule has 11 heteroatoms.